The lowest BCUT2D eigenvalue weighted by molar-refractivity contribution is -0.144. The molecule has 2 amide bonds. The number of likely N-dealkylation sites (tertiary alicyclic amines) is 1. The standard InChI is InChI=1S/C13H22N2O4/c16-9-10-5-1-4-8-15(10)12(19)14-13(11(17)18)6-2-3-7-13/h10,16H,1-9H2,(H,14,19)(H,17,18). The van der Waals surface area contributed by atoms with Crippen molar-refractivity contribution in [2.75, 3.05) is 13.2 Å². The van der Waals surface area contributed by atoms with E-state index in [1.165, 1.54) is 0 Å². The van der Waals surface area contributed by atoms with Gasteiger partial charge in [0.05, 0.1) is 12.6 Å². The number of carboxylic acids is 1. The third kappa shape index (κ3) is 2.83. The Hall–Kier alpha value is -1.30. The van der Waals surface area contributed by atoms with E-state index in [1.807, 2.05) is 0 Å². The fourth-order valence-corrected chi connectivity index (χ4v) is 3.11. The number of hydrogen-bond donors (Lipinski definition) is 3. The largest absolute Gasteiger partial charge is 0.480 e. The van der Waals surface area contributed by atoms with E-state index in [0.29, 0.717) is 19.4 Å². The second kappa shape index (κ2) is 5.77. The molecular formula is C13H22N2O4. The van der Waals surface area contributed by atoms with Crippen molar-refractivity contribution >= 4 is 12.0 Å². The van der Waals surface area contributed by atoms with Crippen molar-refractivity contribution in [2.24, 2.45) is 0 Å². The highest BCUT2D eigenvalue weighted by atomic mass is 16.4. The van der Waals surface area contributed by atoms with Crippen LogP contribution in [0.4, 0.5) is 4.79 Å². The molecule has 1 atom stereocenters. The van der Waals surface area contributed by atoms with Crippen LogP contribution in [0, 0.1) is 0 Å². The fraction of sp³-hybridized carbons (Fsp3) is 0.846. The summed E-state index contributed by atoms with van der Waals surface area (Å²) in [5, 5.41) is 21.4. The van der Waals surface area contributed by atoms with Gasteiger partial charge in [-0.15, -0.1) is 0 Å². The number of nitrogens with one attached hydrogen (secondary N) is 1. The number of hydrogen-bond acceptors (Lipinski definition) is 3. The molecule has 2 rings (SSSR count). The Morgan fingerprint density at radius 1 is 1.21 bits per heavy atom. The van der Waals surface area contributed by atoms with Gasteiger partial charge in [0.15, 0.2) is 0 Å². The van der Waals surface area contributed by atoms with Gasteiger partial charge in [-0.25, -0.2) is 9.59 Å². The summed E-state index contributed by atoms with van der Waals surface area (Å²) in [5.41, 5.74) is -1.10. The first-order chi connectivity index (χ1) is 9.09. The Kier molecular flexibility index (Phi) is 4.29. The normalized spacial score (nSPS) is 26.2. The molecule has 108 valence electrons. The quantitative estimate of drug-likeness (QED) is 0.712. The first kappa shape index (κ1) is 14.1. The third-order valence-electron chi connectivity index (χ3n) is 4.31. The summed E-state index contributed by atoms with van der Waals surface area (Å²) in [6.07, 6.45) is 5.33. The minimum absolute atomic E-state index is 0.0620. The number of piperidine rings is 1. The zero-order chi connectivity index (χ0) is 13.9. The fourth-order valence-electron chi connectivity index (χ4n) is 3.11. The zero-order valence-corrected chi connectivity index (χ0v) is 11.1. The lowest BCUT2D eigenvalue weighted by Gasteiger charge is -2.37. The molecule has 0 radical (unpaired) electrons. The molecule has 1 saturated heterocycles. The molecule has 19 heavy (non-hydrogen) atoms. The number of aliphatic carboxylic acids is 1. The van der Waals surface area contributed by atoms with Gasteiger partial charge in [0.25, 0.3) is 0 Å². The molecule has 2 fully saturated rings. The predicted octanol–water partition coefficient (Wildman–Crippen LogP) is 0.940. The molecule has 0 aromatic rings. The van der Waals surface area contributed by atoms with E-state index >= 15 is 0 Å². The molecule has 6 nitrogen and oxygen atoms in total. The lowest BCUT2D eigenvalue weighted by atomic mass is 9.97. The van der Waals surface area contributed by atoms with Gasteiger partial charge in [-0.2, -0.15) is 0 Å². The number of carbonyl (C=O) groups is 2. The Morgan fingerprint density at radius 2 is 1.89 bits per heavy atom. The van der Waals surface area contributed by atoms with E-state index < -0.39 is 11.5 Å². The highest BCUT2D eigenvalue weighted by Crippen LogP contribution is 2.30. The predicted molar refractivity (Wildman–Crippen MR) is 68.8 cm³/mol. The first-order valence-electron chi connectivity index (χ1n) is 7.02. The SMILES string of the molecule is O=C(NC1(C(=O)O)CCCC1)N1CCCCC1CO. The Balaban J connectivity index is 2.04. The molecule has 1 heterocycles. The van der Waals surface area contributed by atoms with Crippen LogP contribution >= 0.6 is 0 Å². The average Bonchev–Trinajstić information content (AvgIpc) is 2.88. The maximum atomic E-state index is 12.3. The van der Waals surface area contributed by atoms with Crippen molar-refractivity contribution in [1.82, 2.24) is 10.2 Å². The second-order valence-electron chi connectivity index (χ2n) is 5.55. The molecule has 0 aromatic carbocycles. The number of urea groups is 1. The van der Waals surface area contributed by atoms with Gasteiger partial charge in [-0.3, -0.25) is 0 Å². The smallest absolute Gasteiger partial charge is 0.329 e. The highest BCUT2D eigenvalue weighted by molar-refractivity contribution is 5.86. The molecule has 1 aliphatic carbocycles. The van der Waals surface area contributed by atoms with Crippen molar-refractivity contribution in [3.8, 4) is 0 Å². The molecule has 1 aliphatic heterocycles. The number of aliphatic hydroxyl groups is 1. The monoisotopic (exact) mass is 270 g/mol. The summed E-state index contributed by atoms with van der Waals surface area (Å²) in [4.78, 5) is 25.3. The topological polar surface area (TPSA) is 89.9 Å². The van der Waals surface area contributed by atoms with E-state index in [4.69, 9.17) is 0 Å². The molecule has 3 N–H and O–H groups in total. The molecule has 1 unspecified atom stereocenters. The molecule has 0 spiro atoms. The van der Waals surface area contributed by atoms with Crippen molar-refractivity contribution in [2.45, 2.75) is 56.5 Å². The van der Waals surface area contributed by atoms with Crippen LogP contribution < -0.4 is 5.32 Å². The Bertz CT molecular complexity index is 353. The second-order valence-corrected chi connectivity index (χ2v) is 5.55. The number of carboxylic acid groups (broad SMARTS) is 1. The van der Waals surface area contributed by atoms with Gasteiger partial charge < -0.3 is 20.4 Å². The van der Waals surface area contributed by atoms with Gasteiger partial charge in [-0.05, 0) is 32.1 Å². The maximum Gasteiger partial charge on any atom is 0.329 e. The Morgan fingerprint density at radius 3 is 2.47 bits per heavy atom. The zero-order valence-electron chi connectivity index (χ0n) is 11.1. The van der Waals surface area contributed by atoms with Crippen LogP contribution in [0.1, 0.15) is 44.9 Å². The minimum atomic E-state index is -1.10. The van der Waals surface area contributed by atoms with E-state index in [2.05, 4.69) is 5.32 Å². The van der Waals surface area contributed by atoms with Crippen molar-refractivity contribution in [3.63, 3.8) is 0 Å². The Labute approximate surface area is 112 Å². The van der Waals surface area contributed by atoms with Crippen LogP contribution in [0.2, 0.25) is 0 Å². The van der Waals surface area contributed by atoms with E-state index in [1.54, 1.807) is 4.90 Å². The lowest BCUT2D eigenvalue weighted by Crippen LogP contribution is -2.59. The summed E-state index contributed by atoms with van der Waals surface area (Å²) in [6.45, 7) is 0.528. The summed E-state index contributed by atoms with van der Waals surface area (Å²) in [6, 6.07) is -0.524. The molecule has 0 bridgehead atoms. The number of carbonyl (C=O) groups excluding carboxylic acids is 1. The van der Waals surface area contributed by atoms with E-state index in [0.717, 1.165) is 32.1 Å². The van der Waals surface area contributed by atoms with Gasteiger partial charge >= 0.3 is 12.0 Å². The van der Waals surface area contributed by atoms with Crippen LogP contribution in [0.5, 0.6) is 0 Å². The van der Waals surface area contributed by atoms with Crippen LogP contribution in [-0.4, -0.2) is 51.8 Å². The van der Waals surface area contributed by atoms with Gasteiger partial charge in [-0.1, -0.05) is 12.8 Å². The molecular weight excluding hydrogens is 248 g/mol. The summed E-state index contributed by atoms with van der Waals surface area (Å²) < 4.78 is 0. The van der Waals surface area contributed by atoms with Crippen LogP contribution in [-0.2, 0) is 4.79 Å². The van der Waals surface area contributed by atoms with E-state index in [9.17, 15) is 19.8 Å². The van der Waals surface area contributed by atoms with Gasteiger partial charge in [0.2, 0.25) is 0 Å². The number of aliphatic hydroxyl groups excluding tert-OH is 1. The first-order valence-corrected chi connectivity index (χ1v) is 7.02. The maximum absolute atomic E-state index is 12.3. The summed E-state index contributed by atoms with van der Waals surface area (Å²) in [7, 11) is 0. The molecule has 6 heteroatoms. The van der Waals surface area contributed by atoms with Crippen LogP contribution in [0.25, 0.3) is 0 Å². The van der Waals surface area contributed by atoms with Crippen molar-refractivity contribution in [1.29, 1.82) is 0 Å². The number of nitrogens with zero attached hydrogens (tertiary/aromatic N) is 1. The highest BCUT2D eigenvalue weighted by Gasteiger charge is 2.44. The third-order valence-corrected chi connectivity index (χ3v) is 4.31. The molecule has 1 saturated carbocycles. The van der Waals surface area contributed by atoms with Crippen LogP contribution in [0.15, 0.2) is 0 Å². The summed E-state index contributed by atoms with van der Waals surface area (Å²) >= 11 is 0. The van der Waals surface area contributed by atoms with Gasteiger partial charge in [0.1, 0.15) is 5.54 Å². The average molecular weight is 270 g/mol. The minimum Gasteiger partial charge on any atom is -0.480 e. The van der Waals surface area contributed by atoms with Gasteiger partial charge in [0, 0.05) is 6.54 Å². The number of amides is 2. The van der Waals surface area contributed by atoms with E-state index in [-0.39, 0.29) is 18.7 Å². The van der Waals surface area contributed by atoms with Crippen LogP contribution in [0.3, 0.4) is 0 Å². The van der Waals surface area contributed by atoms with Crippen molar-refractivity contribution in [3.05, 3.63) is 0 Å². The number of rotatable bonds is 3. The van der Waals surface area contributed by atoms with Crippen molar-refractivity contribution < 1.29 is 19.8 Å². The molecule has 2 aliphatic rings. The summed E-state index contributed by atoms with van der Waals surface area (Å²) in [5.74, 6) is -0.948. The molecule has 0 aromatic heterocycles.